The SMILES string of the molecule is CCOC(=O)C(N)CCN1CCN(C(C)(C)C)CC1. The van der Waals surface area contributed by atoms with Gasteiger partial charge in [-0.15, -0.1) is 0 Å². The fourth-order valence-electron chi connectivity index (χ4n) is 2.33. The number of hydrogen-bond donors (Lipinski definition) is 1. The van der Waals surface area contributed by atoms with Crippen LogP contribution in [-0.2, 0) is 9.53 Å². The fourth-order valence-corrected chi connectivity index (χ4v) is 2.33. The molecule has 0 radical (unpaired) electrons. The van der Waals surface area contributed by atoms with Crippen molar-refractivity contribution in [1.82, 2.24) is 9.80 Å². The number of piperazine rings is 1. The predicted octanol–water partition coefficient (Wildman–Crippen LogP) is 0.683. The minimum absolute atomic E-state index is 0.243. The Hall–Kier alpha value is -0.650. The standard InChI is InChI=1S/C14H29N3O2/c1-5-19-13(18)12(15)6-7-16-8-10-17(11-9-16)14(2,3)4/h12H,5-11,15H2,1-4H3. The third-order valence-corrected chi connectivity index (χ3v) is 3.67. The Kier molecular flexibility index (Phi) is 6.23. The molecule has 0 aliphatic carbocycles. The smallest absolute Gasteiger partial charge is 0.322 e. The van der Waals surface area contributed by atoms with E-state index in [4.69, 9.17) is 10.5 Å². The van der Waals surface area contributed by atoms with Crippen molar-refractivity contribution in [2.45, 2.75) is 45.7 Å². The second kappa shape index (κ2) is 7.22. The molecule has 1 aliphatic heterocycles. The highest BCUT2D eigenvalue weighted by Gasteiger charge is 2.26. The molecule has 0 aromatic carbocycles. The summed E-state index contributed by atoms with van der Waals surface area (Å²) in [7, 11) is 0. The molecule has 5 nitrogen and oxygen atoms in total. The van der Waals surface area contributed by atoms with E-state index in [1.54, 1.807) is 6.92 Å². The molecule has 1 unspecified atom stereocenters. The number of nitrogens with two attached hydrogens (primary N) is 1. The molecule has 112 valence electrons. The lowest BCUT2D eigenvalue weighted by Gasteiger charge is -2.42. The molecule has 1 rings (SSSR count). The Morgan fingerprint density at radius 3 is 2.32 bits per heavy atom. The number of nitrogens with zero attached hydrogens (tertiary/aromatic N) is 2. The van der Waals surface area contributed by atoms with Gasteiger partial charge in [-0.3, -0.25) is 9.69 Å². The third kappa shape index (κ3) is 5.47. The summed E-state index contributed by atoms with van der Waals surface area (Å²) < 4.78 is 4.91. The van der Waals surface area contributed by atoms with Crippen molar-refractivity contribution in [3.8, 4) is 0 Å². The largest absolute Gasteiger partial charge is 0.465 e. The Labute approximate surface area is 117 Å². The van der Waals surface area contributed by atoms with E-state index >= 15 is 0 Å². The molecule has 1 aliphatic rings. The van der Waals surface area contributed by atoms with Gasteiger partial charge in [-0.05, 0) is 34.1 Å². The minimum Gasteiger partial charge on any atom is -0.465 e. The first-order valence-corrected chi connectivity index (χ1v) is 7.24. The Balaban J connectivity index is 2.25. The number of esters is 1. The summed E-state index contributed by atoms with van der Waals surface area (Å²) in [6.45, 7) is 14.1. The van der Waals surface area contributed by atoms with Crippen LogP contribution in [0.5, 0.6) is 0 Å². The van der Waals surface area contributed by atoms with E-state index in [0.29, 0.717) is 13.0 Å². The van der Waals surface area contributed by atoms with Crippen LogP contribution < -0.4 is 5.73 Å². The highest BCUT2D eigenvalue weighted by Crippen LogP contribution is 2.15. The molecule has 1 fully saturated rings. The van der Waals surface area contributed by atoms with Crippen LogP contribution >= 0.6 is 0 Å². The van der Waals surface area contributed by atoms with Crippen LogP contribution in [0.3, 0.4) is 0 Å². The van der Waals surface area contributed by atoms with Crippen molar-refractivity contribution in [3.63, 3.8) is 0 Å². The summed E-state index contributed by atoms with van der Waals surface area (Å²) >= 11 is 0. The molecular formula is C14H29N3O2. The van der Waals surface area contributed by atoms with Gasteiger partial charge in [-0.25, -0.2) is 0 Å². The van der Waals surface area contributed by atoms with Crippen molar-refractivity contribution >= 4 is 5.97 Å². The monoisotopic (exact) mass is 271 g/mol. The Morgan fingerprint density at radius 1 is 1.26 bits per heavy atom. The van der Waals surface area contributed by atoms with Gasteiger partial charge in [0, 0.05) is 38.3 Å². The minimum atomic E-state index is -0.486. The van der Waals surface area contributed by atoms with Crippen LogP contribution in [0.1, 0.15) is 34.1 Å². The molecule has 0 bridgehead atoms. The van der Waals surface area contributed by atoms with Crippen molar-refractivity contribution in [2.75, 3.05) is 39.3 Å². The maximum absolute atomic E-state index is 11.4. The average Bonchev–Trinajstić information content (AvgIpc) is 2.35. The van der Waals surface area contributed by atoms with E-state index in [2.05, 4.69) is 30.6 Å². The third-order valence-electron chi connectivity index (χ3n) is 3.67. The van der Waals surface area contributed by atoms with Crippen LogP contribution in [0, 0.1) is 0 Å². The summed E-state index contributed by atoms with van der Waals surface area (Å²) in [6.07, 6.45) is 0.675. The van der Waals surface area contributed by atoms with E-state index in [-0.39, 0.29) is 11.5 Å². The highest BCUT2D eigenvalue weighted by molar-refractivity contribution is 5.75. The van der Waals surface area contributed by atoms with Gasteiger partial charge >= 0.3 is 5.97 Å². The maximum Gasteiger partial charge on any atom is 0.322 e. The lowest BCUT2D eigenvalue weighted by molar-refractivity contribution is -0.144. The molecule has 5 heteroatoms. The van der Waals surface area contributed by atoms with E-state index in [1.165, 1.54) is 0 Å². The summed E-state index contributed by atoms with van der Waals surface area (Å²) in [5.41, 5.74) is 6.05. The zero-order chi connectivity index (χ0) is 14.5. The maximum atomic E-state index is 11.4. The first kappa shape index (κ1) is 16.4. The summed E-state index contributed by atoms with van der Waals surface area (Å²) in [6, 6.07) is -0.486. The molecule has 0 amide bonds. The molecule has 0 spiro atoms. The van der Waals surface area contributed by atoms with Gasteiger partial charge in [0.1, 0.15) is 6.04 Å². The number of carbonyl (C=O) groups is 1. The average molecular weight is 271 g/mol. The zero-order valence-electron chi connectivity index (χ0n) is 12.8. The molecule has 2 N–H and O–H groups in total. The first-order chi connectivity index (χ1) is 8.84. The summed E-state index contributed by atoms with van der Waals surface area (Å²) in [4.78, 5) is 16.3. The molecule has 1 atom stereocenters. The zero-order valence-corrected chi connectivity index (χ0v) is 12.8. The van der Waals surface area contributed by atoms with Crippen molar-refractivity contribution < 1.29 is 9.53 Å². The van der Waals surface area contributed by atoms with Crippen LogP contribution in [0.15, 0.2) is 0 Å². The fraction of sp³-hybridized carbons (Fsp3) is 0.929. The van der Waals surface area contributed by atoms with E-state index in [1.807, 2.05) is 0 Å². The quantitative estimate of drug-likeness (QED) is 0.745. The van der Waals surface area contributed by atoms with Crippen LogP contribution in [-0.4, -0.2) is 66.7 Å². The molecule has 19 heavy (non-hydrogen) atoms. The molecule has 1 saturated heterocycles. The van der Waals surface area contributed by atoms with Crippen LogP contribution in [0.25, 0.3) is 0 Å². The van der Waals surface area contributed by atoms with Gasteiger partial charge in [-0.1, -0.05) is 0 Å². The number of ether oxygens (including phenoxy) is 1. The van der Waals surface area contributed by atoms with Gasteiger partial charge < -0.3 is 15.4 Å². The van der Waals surface area contributed by atoms with Crippen molar-refractivity contribution in [2.24, 2.45) is 5.73 Å². The van der Waals surface area contributed by atoms with Crippen molar-refractivity contribution in [3.05, 3.63) is 0 Å². The van der Waals surface area contributed by atoms with E-state index in [9.17, 15) is 4.79 Å². The molecular weight excluding hydrogens is 242 g/mol. The van der Waals surface area contributed by atoms with Gasteiger partial charge in [-0.2, -0.15) is 0 Å². The predicted molar refractivity (Wildman–Crippen MR) is 77.0 cm³/mol. The lowest BCUT2D eigenvalue weighted by Crippen LogP contribution is -2.53. The van der Waals surface area contributed by atoms with Crippen molar-refractivity contribution in [1.29, 1.82) is 0 Å². The molecule has 0 aromatic heterocycles. The van der Waals surface area contributed by atoms with E-state index in [0.717, 1.165) is 32.7 Å². The number of rotatable bonds is 5. The molecule has 1 heterocycles. The van der Waals surface area contributed by atoms with Gasteiger partial charge in [0.2, 0.25) is 0 Å². The lowest BCUT2D eigenvalue weighted by atomic mass is 10.0. The van der Waals surface area contributed by atoms with Crippen LogP contribution in [0.4, 0.5) is 0 Å². The summed E-state index contributed by atoms with van der Waals surface area (Å²) in [5.74, 6) is -0.282. The topological polar surface area (TPSA) is 58.8 Å². The van der Waals surface area contributed by atoms with Gasteiger partial charge in [0.15, 0.2) is 0 Å². The second-order valence-corrected chi connectivity index (χ2v) is 6.15. The second-order valence-electron chi connectivity index (χ2n) is 6.15. The number of carbonyl (C=O) groups excluding carboxylic acids is 1. The van der Waals surface area contributed by atoms with Gasteiger partial charge in [0.05, 0.1) is 6.61 Å². The first-order valence-electron chi connectivity index (χ1n) is 7.24. The highest BCUT2D eigenvalue weighted by atomic mass is 16.5. The number of hydrogen-bond acceptors (Lipinski definition) is 5. The molecule has 0 aromatic rings. The Morgan fingerprint density at radius 2 is 1.84 bits per heavy atom. The van der Waals surface area contributed by atoms with Crippen LogP contribution in [0.2, 0.25) is 0 Å². The molecule has 0 saturated carbocycles. The normalized spacial score (nSPS) is 20.3. The summed E-state index contributed by atoms with van der Waals surface area (Å²) in [5, 5.41) is 0. The van der Waals surface area contributed by atoms with Gasteiger partial charge in [0.25, 0.3) is 0 Å². The van der Waals surface area contributed by atoms with E-state index < -0.39 is 6.04 Å². The Bertz CT molecular complexity index is 281.